The number of rotatable bonds is 6. The predicted octanol–water partition coefficient (Wildman–Crippen LogP) is 2.62. The number of carbonyl (C=O) groups is 2. The zero-order valence-corrected chi connectivity index (χ0v) is 20.6. The van der Waals surface area contributed by atoms with E-state index < -0.39 is 0 Å². The first kappa shape index (κ1) is 22.9. The molecular formula is C25H21N9O2S. The number of hydrogen-bond donors (Lipinski definition) is 2. The van der Waals surface area contributed by atoms with Crippen LogP contribution >= 0.6 is 11.5 Å². The number of tetrazole rings is 1. The minimum atomic E-state index is -0.377. The van der Waals surface area contributed by atoms with Crippen molar-refractivity contribution in [2.24, 2.45) is 7.05 Å². The van der Waals surface area contributed by atoms with Gasteiger partial charge in [0.05, 0.1) is 10.7 Å². The molecule has 2 amide bonds. The highest BCUT2D eigenvalue weighted by atomic mass is 32.1. The van der Waals surface area contributed by atoms with Gasteiger partial charge in [0.2, 0.25) is 0 Å². The van der Waals surface area contributed by atoms with Gasteiger partial charge in [0.15, 0.2) is 5.82 Å². The predicted molar refractivity (Wildman–Crippen MR) is 136 cm³/mol. The SMILES string of the molecule is Cn1nnnc1-c1ccc2c(c1)CC[C@@H]2NC(=O)c1cc(C(=O)NCc2ccc3cnsc3c2)ncn1. The number of nitrogens with zero attached hydrogens (tertiary/aromatic N) is 7. The third-order valence-corrected chi connectivity index (χ3v) is 7.17. The molecule has 0 radical (unpaired) electrons. The number of carbonyl (C=O) groups excluding carboxylic acids is 2. The van der Waals surface area contributed by atoms with Crippen LogP contribution < -0.4 is 10.6 Å². The van der Waals surface area contributed by atoms with E-state index in [0.29, 0.717) is 12.4 Å². The molecule has 6 rings (SSSR count). The topological polar surface area (TPSA) is 140 Å². The Morgan fingerprint density at radius 2 is 1.95 bits per heavy atom. The van der Waals surface area contributed by atoms with Crippen molar-refractivity contribution in [1.29, 1.82) is 0 Å². The number of hydrogen-bond acceptors (Lipinski definition) is 9. The lowest BCUT2D eigenvalue weighted by atomic mass is 10.0. The first-order valence-electron chi connectivity index (χ1n) is 11.6. The van der Waals surface area contributed by atoms with Crippen molar-refractivity contribution in [2.45, 2.75) is 25.4 Å². The third-order valence-electron chi connectivity index (χ3n) is 6.41. The van der Waals surface area contributed by atoms with Crippen LogP contribution in [0.5, 0.6) is 0 Å². The van der Waals surface area contributed by atoms with E-state index in [-0.39, 0.29) is 29.2 Å². The van der Waals surface area contributed by atoms with Crippen LogP contribution in [0.3, 0.4) is 0 Å². The fraction of sp³-hybridized carbons (Fsp3) is 0.200. The van der Waals surface area contributed by atoms with Crippen LogP contribution in [0.1, 0.15) is 50.1 Å². The second-order valence-corrected chi connectivity index (χ2v) is 9.61. The fourth-order valence-electron chi connectivity index (χ4n) is 4.51. The summed E-state index contributed by atoms with van der Waals surface area (Å²) in [4.78, 5) is 33.8. The molecule has 1 atom stereocenters. The summed E-state index contributed by atoms with van der Waals surface area (Å²) in [5.74, 6) is -0.0458. The van der Waals surface area contributed by atoms with Gasteiger partial charge in [0, 0.05) is 36.8 Å². The largest absolute Gasteiger partial charge is 0.347 e. The van der Waals surface area contributed by atoms with Crippen LogP contribution in [0.4, 0.5) is 0 Å². The average molecular weight is 512 g/mol. The van der Waals surface area contributed by atoms with Crippen LogP contribution in [-0.2, 0) is 20.0 Å². The summed E-state index contributed by atoms with van der Waals surface area (Å²) in [6.07, 6.45) is 4.64. The van der Waals surface area contributed by atoms with E-state index in [1.807, 2.05) is 36.5 Å². The maximum Gasteiger partial charge on any atom is 0.270 e. The summed E-state index contributed by atoms with van der Waals surface area (Å²) >= 11 is 1.41. The van der Waals surface area contributed by atoms with Crippen molar-refractivity contribution in [3.05, 3.63) is 83.1 Å². The molecule has 12 heteroatoms. The minimum Gasteiger partial charge on any atom is -0.347 e. The van der Waals surface area contributed by atoms with Crippen molar-refractivity contribution in [3.8, 4) is 11.4 Å². The lowest BCUT2D eigenvalue weighted by Crippen LogP contribution is -2.29. The van der Waals surface area contributed by atoms with E-state index in [1.165, 1.54) is 23.9 Å². The van der Waals surface area contributed by atoms with E-state index in [0.717, 1.165) is 45.2 Å². The zero-order chi connectivity index (χ0) is 25.4. The first-order valence-corrected chi connectivity index (χ1v) is 12.4. The van der Waals surface area contributed by atoms with E-state index in [4.69, 9.17) is 0 Å². The average Bonchev–Trinajstić information content (AvgIpc) is 3.66. The van der Waals surface area contributed by atoms with Crippen molar-refractivity contribution in [3.63, 3.8) is 0 Å². The molecule has 3 heterocycles. The van der Waals surface area contributed by atoms with E-state index in [2.05, 4.69) is 46.6 Å². The van der Waals surface area contributed by atoms with Gasteiger partial charge in [-0.1, -0.05) is 24.3 Å². The molecule has 37 heavy (non-hydrogen) atoms. The van der Waals surface area contributed by atoms with Crippen LogP contribution in [0.2, 0.25) is 0 Å². The van der Waals surface area contributed by atoms with Crippen LogP contribution in [-0.4, -0.2) is 46.4 Å². The molecule has 2 aromatic carbocycles. The van der Waals surface area contributed by atoms with Crippen molar-refractivity contribution < 1.29 is 9.59 Å². The molecule has 1 aliphatic rings. The van der Waals surface area contributed by atoms with Gasteiger partial charge in [0.25, 0.3) is 11.8 Å². The number of benzene rings is 2. The van der Waals surface area contributed by atoms with E-state index in [9.17, 15) is 9.59 Å². The Balaban J connectivity index is 1.12. The minimum absolute atomic E-state index is 0.132. The van der Waals surface area contributed by atoms with Gasteiger partial charge >= 0.3 is 0 Å². The Hall–Kier alpha value is -4.58. The summed E-state index contributed by atoms with van der Waals surface area (Å²) in [5, 5.41) is 18.6. The van der Waals surface area contributed by atoms with Gasteiger partial charge in [-0.25, -0.2) is 14.6 Å². The third kappa shape index (κ3) is 4.54. The second-order valence-electron chi connectivity index (χ2n) is 8.77. The molecule has 0 unspecified atom stereocenters. The van der Waals surface area contributed by atoms with Crippen LogP contribution in [0.25, 0.3) is 21.5 Å². The molecular weight excluding hydrogens is 490 g/mol. The Labute approximate surface area is 215 Å². The number of amides is 2. The molecule has 0 saturated carbocycles. The molecule has 0 saturated heterocycles. The van der Waals surface area contributed by atoms with Crippen molar-refractivity contribution in [1.82, 2.24) is 45.2 Å². The highest BCUT2D eigenvalue weighted by Gasteiger charge is 2.26. The molecule has 3 aromatic heterocycles. The van der Waals surface area contributed by atoms with Gasteiger partial charge in [0.1, 0.15) is 17.7 Å². The van der Waals surface area contributed by atoms with Crippen LogP contribution in [0, 0.1) is 0 Å². The number of fused-ring (bicyclic) bond motifs is 2. The molecule has 1 aliphatic carbocycles. The van der Waals surface area contributed by atoms with Gasteiger partial charge in [-0.05, 0) is 63.6 Å². The van der Waals surface area contributed by atoms with Gasteiger partial charge in [-0.3, -0.25) is 9.59 Å². The second kappa shape index (κ2) is 9.47. The number of aromatic nitrogens is 7. The number of nitrogens with one attached hydrogen (secondary N) is 2. The van der Waals surface area contributed by atoms with E-state index in [1.54, 1.807) is 11.7 Å². The maximum absolute atomic E-state index is 13.0. The zero-order valence-electron chi connectivity index (χ0n) is 19.8. The highest BCUT2D eigenvalue weighted by Crippen LogP contribution is 2.33. The molecule has 0 spiro atoms. The lowest BCUT2D eigenvalue weighted by molar-refractivity contribution is 0.0931. The van der Waals surface area contributed by atoms with Crippen molar-refractivity contribution in [2.75, 3.05) is 0 Å². The van der Waals surface area contributed by atoms with Crippen molar-refractivity contribution >= 4 is 33.4 Å². The molecule has 0 fully saturated rings. The Morgan fingerprint density at radius 3 is 2.78 bits per heavy atom. The summed E-state index contributed by atoms with van der Waals surface area (Å²) in [5.41, 5.74) is 4.35. The normalized spacial score (nSPS) is 14.5. The molecule has 2 N–H and O–H groups in total. The molecule has 11 nitrogen and oxygen atoms in total. The Bertz CT molecular complexity index is 1640. The fourth-order valence-corrected chi connectivity index (χ4v) is 5.22. The quantitative estimate of drug-likeness (QED) is 0.355. The molecule has 184 valence electrons. The van der Waals surface area contributed by atoms with Gasteiger partial charge in [-0.15, -0.1) is 5.10 Å². The lowest BCUT2D eigenvalue weighted by Gasteiger charge is -2.14. The smallest absolute Gasteiger partial charge is 0.270 e. The van der Waals surface area contributed by atoms with Gasteiger partial charge < -0.3 is 10.6 Å². The summed E-state index contributed by atoms with van der Waals surface area (Å²) in [6, 6.07) is 13.2. The summed E-state index contributed by atoms with van der Waals surface area (Å²) < 4.78 is 6.85. The highest BCUT2D eigenvalue weighted by molar-refractivity contribution is 7.13. The number of aryl methyl sites for hydroxylation is 2. The van der Waals surface area contributed by atoms with E-state index >= 15 is 0 Å². The Morgan fingerprint density at radius 1 is 1.08 bits per heavy atom. The van der Waals surface area contributed by atoms with Gasteiger partial charge in [-0.2, -0.15) is 4.37 Å². The summed E-state index contributed by atoms with van der Waals surface area (Å²) in [6.45, 7) is 0.337. The maximum atomic E-state index is 13.0. The monoisotopic (exact) mass is 511 g/mol. The molecule has 0 aliphatic heterocycles. The van der Waals surface area contributed by atoms with Crippen LogP contribution in [0.15, 0.2) is 55.0 Å². The standard InChI is InChI=1S/C25H21N9O2S/c1-34-23(31-32-33-34)16-4-6-18-15(9-16)5-7-19(18)30-25(36)21-10-20(27-13-28-21)24(35)26-11-14-2-3-17-12-29-37-22(17)8-14/h2-4,6,8-10,12-13,19H,5,7,11H2,1H3,(H,26,35)(H,30,36)/t19-/m0/s1. The summed E-state index contributed by atoms with van der Waals surface area (Å²) in [7, 11) is 1.80. The Kier molecular flexibility index (Phi) is 5.85. The molecule has 5 aromatic rings. The molecule has 0 bridgehead atoms. The first-order chi connectivity index (χ1) is 18.0.